The topological polar surface area (TPSA) is 6.48 Å². The van der Waals surface area contributed by atoms with Gasteiger partial charge in [-0.3, -0.25) is 0 Å². The molecule has 0 radical (unpaired) electrons. The fraction of sp³-hybridized carbons (Fsp3) is 0.167. The summed E-state index contributed by atoms with van der Waals surface area (Å²) in [5.74, 6) is 0. The van der Waals surface area contributed by atoms with Crippen molar-refractivity contribution >= 4 is 58.4 Å². The van der Waals surface area contributed by atoms with Crippen LogP contribution in [0.1, 0.15) is 125 Å². The van der Waals surface area contributed by atoms with Gasteiger partial charge in [0.05, 0.1) is 0 Å². The molecule has 0 bridgehead atoms. The molecule has 2 aliphatic carbocycles. The number of rotatable bonds is 12. The predicted molar refractivity (Wildman–Crippen MR) is 370 cm³/mol. The standard InChI is InChI=1S/C84H76N2/c1-81(2,3)65-37-41-67(42-38-65)85(69-25-17-23-63(53-69)61-19-13-11-14-20-61)71-45-49-75-73-47-35-59(51-77(73)83(7,8)79(75)55-71)33-31-57-27-29-58(30-28-57)32-34-60-36-48-74-76-50-46-72(56-80(76)84(9,10)78(74)52-60)86(68-43-39-66(40-44-68)82(4,5)6)70-26-18-24-64(54-70)62-21-15-12-16-22-62/h11-56H,1-10H3. The molecule has 0 aliphatic heterocycles. The number of hydrogen-bond donors (Lipinski definition) is 0. The molecule has 0 fully saturated rings. The molecule has 0 aromatic heterocycles. The monoisotopic (exact) mass is 1110 g/mol. The molecule has 0 saturated carbocycles. The minimum Gasteiger partial charge on any atom is -0.310 e. The first kappa shape index (κ1) is 55.7. The summed E-state index contributed by atoms with van der Waals surface area (Å²) in [6, 6.07) is 94.6. The highest BCUT2D eigenvalue weighted by Crippen LogP contribution is 2.53. The Hall–Kier alpha value is -9.50. The van der Waals surface area contributed by atoms with Crippen LogP contribution < -0.4 is 9.80 Å². The quantitative estimate of drug-likeness (QED) is 0.113. The van der Waals surface area contributed by atoms with E-state index in [1.165, 1.54) is 100 Å². The van der Waals surface area contributed by atoms with Gasteiger partial charge in [-0.2, -0.15) is 0 Å². The molecule has 422 valence electrons. The van der Waals surface area contributed by atoms with E-state index in [1.54, 1.807) is 0 Å². The van der Waals surface area contributed by atoms with Gasteiger partial charge in [-0.25, -0.2) is 0 Å². The molecule has 11 aromatic carbocycles. The van der Waals surface area contributed by atoms with Crippen molar-refractivity contribution in [2.45, 2.75) is 90.9 Å². The molecule has 0 unspecified atom stereocenters. The fourth-order valence-electron chi connectivity index (χ4n) is 13.1. The van der Waals surface area contributed by atoms with Crippen LogP contribution in [0.3, 0.4) is 0 Å². The molecule has 0 N–H and O–H groups in total. The van der Waals surface area contributed by atoms with Crippen molar-refractivity contribution in [3.05, 3.63) is 310 Å². The molecule has 86 heavy (non-hydrogen) atoms. The Kier molecular flexibility index (Phi) is 14.1. The molecule has 2 aliphatic rings. The SMILES string of the molecule is CC(C)(C)c1ccc(N(c2cccc(-c3ccccc3)c2)c2ccc3c(c2)C(C)(C)c2cc(C=Cc4ccc(C=Cc5ccc6c(c5)C(C)(C)c5cc(N(c7ccc(C(C)(C)C)cc7)c7cccc(-c8ccccc8)c7)ccc5-6)cc4)ccc2-3)cc1. The molecule has 0 amide bonds. The van der Waals surface area contributed by atoms with E-state index >= 15 is 0 Å². The van der Waals surface area contributed by atoms with Gasteiger partial charge >= 0.3 is 0 Å². The zero-order chi connectivity index (χ0) is 59.5. The van der Waals surface area contributed by atoms with Gasteiger partial charge in [0, 0.05) is 45.0 Å². The van der Waals surface area contributed by atoms with E-state index in [9.17, 15) is 0 Å². The molecular weight excluding hydrogens is 1040 g/mol. The maximum atomic E-state index is 2.43. The van der Waals surface area contributed by atoms with Crippen LogP contribution in [0.15, 0.2) is 255 Å². The van der Waals surface area contributed by atoms with Crippen LogP contribution in [0, 0.1) is 0 Å². The Morgan fingerprint density at radius 2 is 0.547 bits per heavy atom. The molecule has 0 spiro atoms. The summed E-state index contributed by atoms with van der Waals surface area (Å²) in [5, 5.41) is 0. The highest BCUT2D eigenvalue weighted by molar-refractivity contribution is 5.90. The van der Waals surface area contributed by atoms with Crippen molar-refractivity contribution in [3.63, 3.8) is 0 Å². The Morgan fingerprint density at radius 3 is 0.907 bits per heavy atom. The number of hydrogen-bond acceptors (Lipinski definition) is 2. The summed E-state index contributed by atoms with van der Waals surface area (Å²) in [4.78, 5) is 4.84. The minimum absolute atomic E-state index is 0.0624. The van der Waals surface area contributed by atoms with Gasteiger partial charge in [0.2, 0.25) is 0 Å². The number of anilines is 6. The van der Waals surface area contributed by atoms with E-state index in [0.717, 1.165) is 34.1 Å². The maximum Gasteiger partial charge on any atom is 0.0467 e. The minimum atomic E-state index is -0.202. The summed E-state index contributed by atoms with van der Waals surface area (Å²) < 4.78 is 0. The maximum absolute atomic E-state index is 2.43. The highest BCUT2D eigenvalue weighted by Gasteiger charge is 2.38. The van der Waals surface area contributed by atoms with Crippen LogP contribution in [0.5, 0.6) is 0 Å². The first-order chi connectivity index (χ1) is 41.4. The lowest BCUT2D eigenvalue weighted by Gasteiger charge is -2.29. The Balaban J connectivity index is 0.723. The first-order valence-electron chi connectivity index (χ1n) is 30.5. The predicted octanol–water partition coefficient (Wildman–Crippen LogP) is 23.5. The summed E-state index contributed by atoms with van der Waals surface area (Å²) in [7, 11) is 0. The second-order valence-corrected chi connectivity index (χ2v) is 26.8. The second kappa shape index (κ2) is 21.8. The number of benzene rings is 11. The summed E-state index contributed by atoms with van der Waals surface area (Å²) >= 11 is 0. The van der Waals surface area contributed by atoms with Crippen LogP contribution in [0.4, 0.5) is 34.1 Å². The van der Waals surface area contributed by atoms with E-state index in [0.29, 0.717) is 0 Å². The van der Waals surface area contributed by atoms with Crippen molar-refractivity contribution in [1.29, 1.82) is 0 Å². The summed E-state index contributed by atoms with van der Waals surface area (Å²) in [6.07, 6.45) is 9.00. The molecule has 11 aromatic rings. The molecule has 13 rings (SSSR count). The van der Waals surface area contributed by atoms with Crippen molar-refractivity contribution in [3.8, 4) is 44.5 Å². The van der Waals surface area contributed by atoms with Crippen molar-refractivity contribution in [2.24, 2.45) is 0 Å². The van der Waals surface area contributed by atoms with Gasteiger partial charge in [-0.15, -0.1) is 0 Å². The molecule has 0 atom stereocenters. The summed E-state index contributed by atoms with van der Waals surface area (Å²) in [5.41, 5.74) is 29.4. The highest BCUT2D eigenvalue weighted by atomic mass is 15.1. The van der Waals surface area contributed by atoms with Gasteiger partial charge in [-0.05, 0) is 184 Å². The van der Waals surface area contributed by atoms with Gasteiger partial charge in [0.1, 0.15) is 0 Å². The fourth-order valence-corrected chi connectivity index (χ4v) is 13.1. The molecular formula is C84H76N2. The van der Waals surface area contributed by atoms with Crippen LogP contribution in [-0.4, -0.2) is 0 Å². The van der Waals surface area contributed by atoms with E-state index in [1.807, 2.05) is 0 Å². The smallest absolute Gasteiger partial charge is 0.0467 e. The van der Waals surface area contributed by atoms with Crippen LogP contribution in [0.25, 0.3) is 68.8 Å². The van der Waals surface area contributed by atoms with E-state index in [-0.39, 0.29) is 21.7 Å². The lowest BCUT2D eigenvalue weighted by Crippen LogP contribution is -2.17. The van der Waals surface area contributed by atoms with Crippen LogP contribution in [0.2, 0.25) is 0 Å². The lowest BCUT2D eigenvalue weighted by atomic mass is 9.81. The van der Waals surface area contributed by atoms with Crippen LogP contribution >= 0.6 is 0 Å². The van der Waals surface area contributed by atoms with Gasteiger partial charge in [0.15, 0.2) is 0 Å². The average molecular weight is 1110 g/mol. The normalized spacial score (nSPS) is 13.8. The van der Waals surface area contributed by atoms with E-state index in [4.69, 9.17) is 0 Å². The molecule has 2 nitrogen and oxygen atoms in total. The number of fused-ring (bicyclic) bond motifs is 6. The number of nitrogens with zero attached hydrogens (tertiary/aromatic N) is 2. The van der Waals surface area contributed by atoms with Gasteiger partial charge in [0.25, 0.3) is 0 Å². The largest absolute Gasteiger partial charge is 0.310 e. The van der Waals surface area contributed by atoms with E-state index in [2.05, 4.69) is 358 Å². The van der Waals surface area contributed by atoms with Gasteiger partial charge < -0.3 is 9.80 Å². The van der Waals surface area contributed by atoms with Gasteiger partial charge in [-0.1, -0.05) is 276 Å². The molecule has 2 heteroatoms. The Bertz CT molecular complexity index is 4090. The zero-order valence-electron chi connectivity index (χ0n) is 51.5. The third kappa shape index (κ3) is 10.6. The Morgan fingerprint density at radius 1 is 0.256 bits per heavy atom. The van der Waals surface area contributed by atoms with Crippen molar-refractivity contribution in [1.82, 2.24) is 0 Å². The Labute approximate surface area is 511 Å². The average Bonchev–Trinajstić information content (AvgIpc) is 4.12. The van der Waals surface area contributed by atoms with Crippen LogP contribution in [-0.2, 0) is 21.7 Å². The third-order valence-electron chi connectivity index (χ3n) is 18.2. The third-order valence-corrected chi connectivity index (χ3v) is 18.2. The van der Waals surface area contributed by atoms with Crippen molar-refractivity contribution in [2.75, 3.05) is 9.80 Å². The molecule has 0 saturated heterocycles. The first-order valence-corrected chi connectivity index (χ1v) is 30.5. The molecule has 0 heterocycles. The lowest BCUT2D eigenvalue weighted by molar-refractivity contribution is 0.590. The van der Waals surface area contributed by atoms with E-state index < -0.39 is 0 Å². The summed E-state index contributed by atoms with van der Waals surface area (Å²) in [6.45, 7) is 23.2. The second-order valence-electron chi connectivity index (χ2n) is 26.8. The zero-order valence-corrected chi connectivity index (χ0v) is 51.5. The van der Waals surface area contributed by atoms with Crippen molar-refractivity contribution < 1.29 is 0 Å².